The van der Waals surface area contributed by atoms with Crippen molar-refractivity contribution in [1.82, 2.24) is 5.32 Å². The number of nitrogens with one attached hydrogen (secondary N) is 1. The van der Waals surface area contributed by atoms with Crippen LogP contribution in [0.3, 0.4) is 0 Å². The number of amides is 1. The molecule has 0 aromatic heterocycles. The molecule has 20 nitrogen and oxygen atoms in total. The molecular weight excluding hydrogens is 670 g/mol. The normalized spacial score (nSPS) is 16.0. The number of nitrogens with two attached hydrogens (primary N) is 6. The van der Waals surface area contributed by atoms with Crippen molar-refractivity contribution in [2.45, 2.75) is 83.2 Å². The van der Waals surface area contributed by atoms with E-state index in [2.05, 4.69) is 36.3 Å². The lowest BCUT2D eigenvalue weighted by Crippen LogP contribution is -2.34. The van der Waals surface area contributed by atoms with Crippen molar-refractivity contribution in [3.05, 3.63) is 0 Å². The Morgan fingerprint density at radius 3 is 1.02 bits per heavy atom. The highest BCUT2D eigenvalue weighted by Gasteiger charge is 2.20. The molecule has 0 aliphatic carbocycles. The molecule has 6 atom stereocenters. The third-order valence-corrected chi connectivity index (χ3v) is 5.92. The fourth-order valence-electron chi connectivity index (χ4n) is 1.93. The van der Waals surface area contributed by atoms with Gasteiger partial charge in [0, 0.05) is 11.5 Å². The lowest BCUT2D eigenvalue weighted by molar-refractivity contribution is -0.140. The number of primary amides is 1. The van der Waals surface area contributed by atoms with Gasteiger partial charge in [-0.25, -0.2) is 0 Å². The average Bonchev–Trinajstić information content (AvgIpc) is 3.52. The molecule has 1 aliphatic rings. The summed E-state index contributed by atoms with van der Waals surface area (Å²) in [5.74, 6) is -6.09. The monoisotopic (exact) mass is 723 g/mol. The summed E-state index contributed by atoms with van der Waals surface area (Å²) in [5, 5.41) is 51.8. The fraction of sp³-hybridized carbons (Fsp3) is 0.720. The molecule has 1 saturated heterocycles. The Kier molecular flexibility index (Phi) is 35.5. The van der Waals surface area contributed by atoms with E-state index >= 15 is 0 Å². The first-order chi connectivity index (χ1) is 21.3. The Balaban J connectivity index is -0.000000150. The van der Waals surface area contributed by atoms with Crippen LogP contribution < -0.4 is 39.7 Å². The fourth-order valence-corrected chi connectivity index (χ4v) is 2.24. The summed E-state index contributed by atoms with van der Waals surface area (Å²) >= 11 is 7.30. The maximum Gasteiger partial charge on any atom is 0.321 e. The van der Waals surface area contributed by atoms with Gasteiger partial charge in [0.1, 0.15) is 36.3 Å². The molecule has 0 radical (unpaired) electrons. The number of hydrogen-bond donors (Lipinski definition) is 15. The summed E-state index contributed by atoms with van der Waals surface area (Å²) in [6.45, 7) is 7.96. The van der Waals surface area contributed by atoms with Crippen LogP contribution in [0.2, 0.25) is 0 Å². The van der Waals surface area contributed by atoms with Crippen LogP contribution in [0.15, 0.2) is 0 Å². The van der Waals surface area contributed by atoms with Crippen LogP contribution in [0, 0.1) is 11.8 Å². The van der Waals surface area contributed by atoms with E-state index in [4.69, 9.17) is 59.3 Å². The van der Waals surface area contributed by atoms with Crippen molar-refractivity contribution >= 4 is 67.0 Å². The van der Waals surface area contributed by atoms with E-state index in [1.54, 1.807) is 27.7 Å². The van der Waals surface area contributed by atoms with Crippen LogP contribution in [0.5, 0.6) is 0 Å². The molecule has 1 fully saturated rings. The first-order valence-electron chi connectivity index (χ1n) is 13.7. The van der Waals surface area contributed by atoms with Gasteiger partial charge < -0.3 is 70.4 Å². The lowest BCUT2D eigenvalue weighted by atomic mass is 10.1. The molecule has 1 rings (SSSR count). The second-order valence-corrected chi connectivity index (χ2v) is 10.8. The first kappa shape index (κ1) is 53.2. The first-order valence-corrected chi connectivity index (χ1v) is 15.0. The maximum atomic E-state index is 10.1. The number of hydrogen-bond acceptors (Lipinski definition) is 15. The summed E-state index contributed by atoms with van der Waals surface area (Å²) in [4.78, 5) is 69.6. The number of thiol groups is 2. The van der Waals surface area contributed by atoms with E-state index in [0.29, 0.717) is 0 Å². The highest BCUT2D eigenvalue weighted by Crippen LogP contribution is 2.03. The Hall–Kier alpha value is -3.25. The van der Waals surface area contributed by atoms with E-state index in [0.717, 1.165) is 19.4 Å². The van der Waals surface area contributed by atoms with Gasteiger partial charge in [0.25, 0.3) is 0 Å². The predicted molar refractivity (Wildman–Crippen MR) is 178 cm³/mol. The van der Waals surface area contributed by atoms with Gasteiger partial charge in [-0.1, -0.05) is 27.7 Å². The highest BCUT2D eigenvalue weighted by molar-refractivity contribution is 7.80. The molecule has 0 unspecified atom stereocenters. The minimum absolute atomic E-state index is 0.0208. The van der Waals surface area contributed by atoms with Gasteiger partial charge >= 0.3 is 35.8 Å². The molecule has 1 amide bonds. The van der Waals surface area contributed by atoms with Gasteiger partial charge in [0.15, 0.2) is 0 Å². The molecule has 0 spiro atoms. The lowest BCUT2D eigenvalue weighted by Gasteiger charge is -2.07. The van der Waals surface area contributed by atoms with Gasteiger partial charge in [0.2, 0.25) is 5.91 Å². The molecule has 0 aromatic carbocycles. The number of carbonyl (C=O) groups is 7. The molecular formula is C25H53N7O13S2. The Morgan fingerprint density at radius 2 is 0.957 bits per heavy atom. The second kappa shape index (κ2) is 31.4. The smallest absolute Gasteiger partial charge is 0.321 e. The highest BCUT2D eigenvalue weighted by atomic mass is 32.1. The molecule has 278 valence electrons. The minimum Gasteiger partial charge on any atom is -0.480 e. The zero-order chi connectivity index (χ0) is 38.6. The SMILES string of the molecule is CC(C)[C@H](N)C(=O)O.CC(C)[C@H](N)C(=O)O.NC(=O)C[C@H](N)C(=O)O.N[C@@H](CS)C(=O)O.N[C@@H](CS)C(=O)O.O=C(O)[C@@H]1CCCN1. The van der Waals surface area contributed by atoms with Crippen LogP contribution in [-0.2, 0) is 33.6 Å². The summed E-state index contributed by atoms with van der Waals surface area (Å²) in [6.07, 6.45) is 1.47. The van der Waals surface area contributed by atoms with Crippen LogP contribution in [-0.4, -0.2) is 127 Å². The molecule has 22 heteroatoms. The second-order valence-electron chi connectivity index (χ2n) is 10.1. The molecule has 0 bridgehead atoms. The van der Waals surface area contributed by atoms with Crippen molar-refractivity contribution in [2.75, 3.05) is 18.1 Å². The largest absolute Gasteiger partial charge is 0.480 e. The van der Waals surface area contributed by atoms with Crippen LogP contribution >= 0.6 is 25.3 Å². The molecule has 47 heavy (non-hydrogen) atoms. The maximum absolute atomic E-state index is 10.1. The summed E-state index contributed by atoms with van der Waals surface area (Å²) < 4.78 is 0. The van der Waals surface area contributed by atoms with E-state index in [1.165, 1.54) is 0 Å². The zero-order valence-electron chi connectivity index (χ0n) is 26.8. The number of rotatable bonds is 12. The summed E-state index contributed by atoms with van der Waals surface area (Å²) in [5.41, 5.74) is 29.8. The third-order valence-electron chi connectivity index (χ3n) is 5.13. The molecule has 0 aromatic rings. The molecule has 0 saturated carbocycles. The van der Waals surface area contributed by atoms with Crippen molar-refractivity contribution in [1.29, 1.82) is 0 Å². The van der Waals surface area contributed by atoms with Crippen molar-refractivity contribution in [3.8, 4) is 0 Å². The van der Waals surface area contributed by atoms with Crippen molar-refractivity contribution in [2.24, 2.45) is 46.2 Å². The van der Waals surface area contributed by atoms with Crippen LogP contribution in [0.4, 0.5) is 0 Å². The van der Waals surface area contributed by atoms with Crippen molar-refractivity contribution < 1.29 is 64.2 Å². The summed E-state index contributed by atoms with van der Waals surface area (Å²) in [7, 11) is 0. The van der Waals surface area contributed by atoms with E-state index in [9.17, 15) is 33.6 Å². The van der Waals surface area contributed by atoms with E-state index in [-0.39, 0.29) is 35.8 Å². The van der Waals surface area contributed by atoms with E-state index < -0.39 is 71.9 Å². The quantitative estimate of drug-likeness (QED) is 0.0884. The standard InChI is InChI=1S/C5H9NO2.2C5H11NO2.C4H8N2O3.2C3H7NO2S/c7-5(8)4-2-1-3-6-4;2*1-3(2)4(6)5(7)8;5-2(4(8)9)1-3(6)7;2*4-2(1-7)3(5)6/h4,6H,1-3H2,(H,7,8);2*3-4H,6H2,1-2H3,(H,7,8);2H,1,5H2,(H2,6,7)(H,8,9);2*2,7H,1,4H2,(H,5,6)/t3*4-;3*2-/m000000/s1. The van der Waals surface area contributed by atoms with Gasteiger partial charge in [-0.05, 0) is 31.2 Å². The molecule has 1 aliphatic heterocycles. The zero-order valence-corrected chi connectivity index (χ0v) is 28.5. The third kappa shape index (κ3) is 37.1. The van der Waals surface area contributed by atoms with Gasteiger partial charge in [-0.2, -0.15) is 25.3 Å². The number of carbonyl (C=O) groups excluding carboxylic acids is 1. The van der Waals surface area contributed by atoms with Gasteiger partial charge in [-0.3, -0.25) is 33.6 Å². The predicted octanol–water partition coefficient (Wildman–Crippen LogP) is -3.14. The molecule has 19 N–H and O–H groups in total. The van der Waals surface area contributed by atoms with Gasteiger partial charge in [-0.15, -0.1) is 0 Å². The Morgan fingerprint density at radius 1 is 0.638 bits per heavy atom. The van der Waals surface area contributed by atoms with Gasteiger partial charge in [0.05, 0.1) is 6.42 Å². The van der Waals surface area contributed by atoms with Crippen LogP contribution in [0.25, 0.3) is 0 Å². The van der Waals surface area contributed by atoms with Crippen molar-refractivity contribution in [3.63, 3.8) is 0 Å². The number of aliphatic carboxylic acids is 6. The van der Waals surface area contributed by atoms with Crippen LogP contribution in [0.1, 0.15) is 47.0 Å². The molecule has 1 heterocycles. The van der Waals surface area contributed by atoms with E-state index in [1.807, 2.05) is 0 Å². The Bertz CT molecular complexity index is 880. The Labute approximate surface area is 283 Å². The summed E-state index contributed by atoms with van der Waals surface area (Å²) in [6, 6.07) is -4.49. The minimum atomic E-state index is -1.21. The number of carboxylic acids is 6. The topological polar surface area (TPSA) is 409 Å². The average molecular weight is 724 g/mol. The number of carboxylic acid groups (broad SMARTS) is 6.